The van der Waals surface area contributed by atoms with Crippen molar-refractivity contribution in [3.63, 3.8) is 0 Å². The van der Waals surface area contributed by atoms with E-state index in [4.69, 9.17) is 0 Å². The van der Waals surface area contributed by atoms with Gasteiger partial charge < -0.3 is 10.6 Å². The van der Waals surface area contributed by atoms with Crippen molar-refractivity contribution in [2.24, 2.45) is 0 Å². The zero-order valence-electron chi connectivity index (χ0n) is 11.4. The van der Waals surface area contributed by atoms with Gasteiger partial charge in [0.05, 0.1) is 6.04 Å². The van der Waals surface area contributed by atoms with Gasteiger partial charge in [-0.05, 0) is 27.2 Å². The van der Waals surface area contributed by atoms with Crippen LogP contribution in [0.5, 0.6) is 0 Å². The lowest BCUT2D eigenvalue weighted by Gasteiger charge is -2.11. The molecule has 0 fully saturated rings. The third-order valence-corrected chi connectivity index (χ3v) is 3.74. The van der Waals surface area contributed by atoms with Crippen LogP contribution in [0.3, 0.4) is 0 Å². The first-order valence-corrected chi connectivity index (χ1v) is 6.97. The molecule has 0 aliphatic rings. The molecule has 2 amide bonds. The quantitative estimate of drug-likeness (QED) is 0.806. The number of aromatic nitrogens is 1. The smallest absolute Gasteiger partial charge is 0.315 e. The molecular formula is C13H21N3OS. The lowest BCUT2D eigenvalue weighted by atomic mass is 10.3. The zero-order valence-corrected chi connectivity index (χ0v) is 12.2. The van der Waals surface area contributed by atoms with Crippen molar-refractivity contribution in [2.45, 2.75) is 40.2 Å². The fourth-order valence-corrected chi connectivity index (χ4v) is 2.20. The van der Waals surface area contributed by atoms with Gasteiger partial charge in [0.2, 0.25) is 0 Å². The monoisotopic (exact) mass is 267 g/mol. The molecule has 0 bridgehead atoms. The second-order valence-electron chi connectivity index (χ2n) is 4.38. The Morgan fingerprint density at radius 2 is 2.28 bits per heavy atom. The summed E-state index contributed by atoms with van der Waals surface area (Å²) in [5, 5.41) is 6.61. The Morgan fingerprint density at radius 1 is 1.56 bits per heavy atom. The summed E-state index contributed by atoms with van der Waals surface area (Å²) in [5.74, 6) is 0. The minimum Gasteiger partial charge on any atom is -0.335 e. The predicted molar refractivity (Wildman–Crippen MR) is 75.9 cm³/mol. The Bertz CT molecular complexity index is 422. The van der Waals surface area contributed by atoms with Gasteiger partial charge in [-0.15, -0.1) is 11.3 Å². The van der Waals surface area contributed by atoms with E-state index in [0.29, 0.717) is 6.54 Å². The Kier molecular flexibility index (Phi) is 5.85. The fraction of sp³-hybridized carbons (Fsp3) is 0.538. The molecule has 0 saturated carbocycles. The number of rotatable bonds is 5. The summed E-state index contributed by atoms with van der Waals surface area (Å²) >= 11 is 1.65. The molecule has 0 radical (unpaired) electrons. The van der Waals surface area contributed by atoms with Gasteiger partial charge in [-0.25, -0.2) is 9.78 Å². The number of urea groups is 1. The van der Waals surface area contributed by atoms with Crippen LogP contribution in [0.15, 0.2) is 17.8 Å². The van der Waals surface area contributed by atoms with Gasteiger partial charge in [-0.1, -0.05) is 18.6 Å². The molecule has 1 unspecified atom stereocenters. The molecule has 1 aromatic heterocycles. The molecule has 4 nitrogen and oxygen atoms in total. The van der Waals surface area contributed by atoms with Crippen LogP contribution in [-0.4, -0.2) is 17.6 Å². The Morgan fingerprint density at radius 3 is 2.83 bits per heavy atom. The lowest BCUT2D eigenvalue weighted by molar-refractivity contribution is 0.239. The van der Waals surface area contributed by atoms with Crippen LogP contribution < -0.4 is 10.6 Å². The molecule has 0 spiro atoms. The molecule has 100 valence electrons. The molecule has 1 heterocycles. The zero-order chi connectivity index (χ0) is 13.5. The molecule has 0 saturated heterocycles. The van der Waals surface area contributed by atoms with Crippen LogP contribution in [0, 0.1) is 0 Å². The van der Waals surface area contributed by atoms with E-state index < -0.39 is 0 Å². The molecule has 0 aliphatic heterocycles. The first-order valence-electron chi connectivity index (χ1n) is 6.15. The number of nitrogens with one attached hydrogen (secondary N) is 2. The molecule has 0 aliphatic carbocycles. The number of carbonyl (C=O) groups is 1. The minimum absolute atomic E-state index is 0.0537. The van der Waals surface area contributed by atoms with Gasteiger partial charge in [0.1, 0.15) is 5.01 Å². The van der Waals surface area contributed by atoms with Crippen molar-refractivity contribution in [3.8, 4) is 0 Å². The SMILES string of the molecule is CCc1cnc(C(C)NC(=O)NCC=C(C)C)s1. The summed E-state index contributed by atoms with van der Waals surface area (Å²) in [6.45, 7) is 8.60. The fourth-order valence-electron chi connectivity index (χ4n) is 1.34. The number of hydrogen-bond donors (Lipinski definition) is 2. The van der Waals surface area contributed by atoms with Crippen LogP contribution in [0.4, 0.5) is 4.79 Å². The summed E-state index contributed by atoms with van der Waals surface area (Å²) in [5.41, 5.74) is 1.19. The molecule has 18 heavy (non-hydrogen) atoms. The first-order chi connectivity index (χ1) is 8.52. The van der Waals surface area contributed by atoms with E-state index in [-0.39, 0.29) is 12.1 Å². The minimum atomic E-state index is -0.159. The molecule has 5 heteroatoms. The van der Waals surface area contributed by atoms with Gasteiger partial charge in [0, 0.05) is 17.6 Å². The van der Waals surface area contributed by atoms with E-state index in [1.807, 2.05) is 33.0 Å². The average molecular weight is 267 g/mol. The van der Waals surface area contributed by atoms with E-state index in [0.717, 1.165) is 11.4 Å². The molecule has 0 aromatic carbocycles. The number of allylic oxidation sites excluding steroid dienone is 1. The topological polar surface area (TPSA) is 54.0 Å². The molecular weight excluding hydrogens is 246 g/mol. The Balaban J connectivity index is 2.41. The van der Waals surface area contributed by atoms with E-state index in [1.54, 1.807) is 11.3 Å². The number of thiazole rings is 1. The number of nitrogens with zero attached hydrogens (tertiary/aromatic N) is 1. The van der Waals surface area contributed by atoms with Gasteiger partial charge in [0.25, 0.3) is 0 Å². The average Bonchev–Trinajstić information content (AvgIpc) is 2.76. The summed E-state index contributed by atoms with van der Waals surface area (Å²) in [7, 11) is 0. The first kappa shape index (κ1) is 14.7. The molecule has 1 atom stereocenters. The maximum atomic E-state index is 11.6. The van der Waals surface area contributed by atoms with Crippen molar-refractivity contribution in [2.75, 3.05) is 6.54 Å². The summed E-state index contributed by atoms with van der Waals surface area (Å²) in [4.78, 5) is 17.2. The highest BCUT2D eigenvalue weighted by Crippen LogP contribution is 2.19. The summed E-state index contributed by atoms with van der Waals surface area (Å²) < 4.78 is 0. The van der Waals surface area contributed by atoms with Crippen LogP contribution in [0.25, 0.3) is 0 Å². The largest absolute Gasteiger partial charge is 0.335 e. The molecule has 1 aromatic rings. The van der Waals surface area contributed by atoms with Crippen LogP contribution in [-0.2, 0) is 6.42 Å². The van der Waals surface area contributed by atoms with Gasteiger partial charge in [0.15, 0.2) is 0 Å². The van der Waals surface area contributed by atoms with Crippen LogP contribution in [0.1, 0.15) is 43.6 Å². The normalized spacial score (nSPS) is 11.8. The van der Waals surface area contributed by atoms with E-state index >= 15 is 0 Å². The van der Waals surface area contributed by atoms with Gasteiger partial charge in [-0.2, -0.15) is 0 Å². The van der Waals surface area contributed by atoms with Crippen molar-refractivity contribution in [1.29, 1.82) is 0 Å². The maximum Gasteiger partial charge on any atom is 0.315 e. The molecule has 1 rings (SSSR count). The van der Waals surface area contributed by atoms with Crippen molar-refractivity contribution < 1.29 is 4.79 Å². The van der Waals surface area contributed by atoms with Crippen molar-refractivity contribution >= 4 is 17.4 Å². The van der Waals surface area contributed by atoms with Crippen LogP contribution >= 0.6 is 11.3 Å². The van der Waals surface area contributed by atoms with Gasteiger partial charge in [-0.3, -0.25) is 0 Å². The third kappa shape index (κ3) is 4.87. The van der Waals surface area contributed by atoms with E-state index in [9.17, 15) is 4.79 Å². The summed E-state index contributed by atoms with van der Waals surface area (Å²) in [6.07, 6.45) is 4.83. The number of hydrogen-bond acceptors (Lipinski definition) is 3. The maximum absolute atomic E-state index is 11.6. The van der Waals surface area contributed by atoms with E-state index in [2.05, 4.69) is 22.5 Å². The number of aryl methyl sites for hydroxylation is 1. The number of carbonyl (C=O) groups excluding carboxylic acids is 1. The van der Waals surface area contributed by atoms with Crippen LogP contribution in [0.2, 0.25) is 0 Å². The van der Waals surface area contributed by atoms with Crippen molar-refractivity contribution in [1.82, 2.24) is 15.6 Å². The lowest BCUT2D eigenvalue weighted by Crippen LogP contribution is -2.37. The second-order valence-corrected chi connectivity index (χ2v) is 5.52. The second kappa shape index (κ2) is 7.16. The highest BCUT2D eigenvalue weighted by molar-refractivity contribution is 7.11. The molecule has 2 N–H and O–H groups in total. The number of amides is 2. The highest BCUT2D eigenvalue weighted by Gasteiger charge is 2.12. The third-order valence-electron chi connectivity index (χ3n) is 2.41. The summed E-state index contributed by atoms with van der Waals surface area (Å²) in [6, 6.07) is -0.213. The Labute approximate surface area is 113 Å². The van der Waals surface area contributed by atoms with E-state index in [1.165, 1.54) is 10.5 Å². The Hall–Kier alpha value is -1.36. The standard InChI is InChI=1S/C13H21N3OS/c1-5-11-8-15-12(18-11)10(4)16-13(17)14-7-6-9(2)3/h6,8,10H,5,7H2,1-4H3,(H2,14,16,17). The predicted octanol–water partition coefficient (Wildman–Crippen LogP) is 3.03. The van der Waals surface area contributed by atoms with Gasteiger partial charge >= 0.3 is 6.03 Å². The van der Waals surface area contributed by atoms with Crippen molar-refractivity contribution in [3.05, 3.63) is 27.7 Å². The highest BCUT2D eigenvalue weighted by atomic mass is 32.1.